The van der Waals surface area contributed by atoms with E-state index in [1.165, 1.54) is 0 Å². The fraction of sp³-hybridized carbons (Fsp3) is 0.389. The second-order valence-electron chi connectivity index (χ2n) is 5.05. The molecule has 0 aromatic heterocycles. The molecule has 0 aliphatic heterocycles. The maximum Gasteiger partial charge on any atom is 0.163 e. The minimum Gasteiger partial charge on any atom is -0.493 e. The smallest absolute Gasteiger partial charge is 0.163 e. The Kier molecular flexibility index (Phi) is 5.20. The summed E-state index contributed by atoms with van der Waals surface area (Å²) in [7, 11) is 0. The number of hydrogen-bond acceptors (Lipinski definition) is 3. The SMILES string of the molecule is CCCOc1cccc2ccc(C(C)=O)c(OCCC)c12. The van der Waals surface area contributed by atoms with Gasteiger partial charge in [0.2, 0.25) is 0 Å². The van der Waals surface area contributed by atoms with E-state index < -0.39 is 0 Å². The van der Waals surface area contributed by atoms with E-state index in [1.807, 2.05) is 37.3 Å². The van der Waals surface area contributed by atoms with Gasteiger partial charge in [0.15, 0.2) is 5.78 Å². The van der Waals surface area contributed by atoms with Gasteiger partial charge in [-0.25, -0.2) is 0 Å². The summed E-state index contributed by atoms with van der Waals surface area (Å²) in [6.45, 7) is 6.92. The molecule has 0 radical (unpaired) electrons. The zero-order chi connectivity index (χ0) is 15.2. The Labute approximate surface area is 125 Å². The van der Waals surface area contributed by atoms with Gasteiger partial charge in [-0.05, 0) is 37.3 Å². The predicted molar refractivity (Wildman–Crippen MR) is 85.5 cm³/mol. The van der Waals surface area contributed by atoms with E-state index in [-0.39, 0.29) is 5.78 Å². The van der Waals surface area contributed by atoms with Crippen LogP contribution in [0, 0.1) is 0 Å². The van der Waals surface area contributed by atoms with Crippen molar-refractivity contribution in [2.45, 2.75) is 33.6 Å². The topological polar surface area (TPSA) is 35.5 Å². The average molecular weight is 286 g/mol. The zero-order valence-electron chi connectivity index (χ0n) is 12.9. The van der Waals surface area contributed by atoms with Crippen molar-refractivity contribution in [2.24, 2.45) is 0 Å². The quantitative estimate of drug-likeness (QED) is 0.697. The molecule has 0 fully saturated rings. The lowest BCUT2D eigenvalue weighted by Gasteiger charge is -2.16. The van der Waals surface area contributed by atoms with Crippen LogP contribution in [0.25, 0.3) is 10.8 Å². The summed E-state index contributed by atoms with van der Waals surface area (Å²) in [4.78, 5) is 11.9. The van der Waals surface area contributed by atoms with Crippen LogP contribution in [-0.4, -0.2) is 19.0 Å². The molecule has 0 saturated carbocycles. The first-order valence-electron chi connectivity index (χ1n) is 7.51. The van der Waals surface area contributed by atoms with Gasteiger partial charge in [0.05, 0.1) is 24.2 Å². The van der Waals surface area contributed by atoms with Crippen molar-refractivity contribution in [3.05, 3.63) is 35.9 Å². The second-order valence-corrected chi connectivity index (χ2v) is 5.05. The summed E-state index contributed by atoms with van der Waals surface area (Å²) < 4.78 is 11.7. The van der Waals surface area contributed by atoms with E-state index in [0.29, 0.717) is 24.5 Å². The van der Waals surface area contributed by atoms with Crippen molar-refractivity contribution < 1.29 is 14.3 Å². The van der Waals surface area contributed by atoms with Crippen LogP contribution in [-0.2, 0) is 0 Å². The molecule has 3 nitrogen and oxygen atoms in total. The fourth-order valence-electron chi connectivity index (χ4n) is 2.28. The molecule has 2 aromatic carbocycles. The molecule has 0 bridgehead atoms. The molecule has 0 atom stereocenters. The van der Waals surface area contributed by atoms with Gasteiger partial charge in [0.25, 0.3) is 0 Å². The standard InChI is InChI=1S/C18H22O3/c1-4-11-20-16-8-6-7-14-9-10-15(13(3)19)18(17(14)16)21-12-5-2/h6-10H,4-5,11-12H2,1-3H3. The molecule has 0 heterocycles. The molecule has 2 rings (SSSR count). The minimum absolute atomic E-state index is 0.00768. The Balaban J connectivity index is 2.63. The molecule has 0 spiro atoms. The molecule has 21 heavy (non-hydrogen) atoms. The van der Waals surface area contributed by atoms with Crippen LogP contribution in [0.1, 0.15) is 44.0 Å². The lowest BCUT2D eigenvalue weighted by atomic mass is 10.0. The third-order valence-electron chi connectivity index (χ3n) is 3.25. The Hall–Kier alpha value is -2.03. The number of fused-ring (bicyclic) bond motifs is 1. The summed E-state index contributed by atoms with van der Waals surface area (Å²) in [5, 5.41) is 1.92. The highest BCUT2D eigenvalue weighted by Gasteiger charge is 2.16. The van der Waals surface area contributed by atoms with Crippen LogP contribution in [0.5, 0.6) is 11.5 Å². The molecule has 0 amide bonds. The number of carbonyl (C=O) groups excluding carboxylic acids is 1. The molecule has 0 unspecified atom stereocenters. The van der Waals surface area contributed by atoms with E-state index in [2.05, 4.69) is 6.92 Å². The Morgan fingerprint density at radius 3 is 2.38 bits per heavy atom. The highest BCUT2D eigenvalue weighted by molar-refractivity contribution is 6.05. The van der Waals surface area contributed by atoms with Gasteiger partial charge >= 0.3 is 0 Å². The highest BCUT2D eigenvalue weighted by Crippen LogP contribution is 2.37. The molecular formula is C18H22O3. The van der Waals surface area contributed by atoms with Gasteiger partial charge in [-0.1, -0.05) is 32.0 Å². The normalized spacial score (nSPS) is 10.6. The van der Waals surface area contributed by atoms with Gasteiger partial charge in [-0.2, -0.15) is 0 Å². The first-order valence-corrected chi connectivity index (χ1v) is 7.51. The number of Topliss-reactive ketones (excluding diaryl/α,β-unsaturated/α-hetero) is 1. The van der Waals surface area contributed by atoms with Crippen LogP contribution < -0.4 is 9.47 Å². The molecule has 112 valence electrons. The molecule has 2 aromatic rings. The largest absolute Gasteiger partial charge is 0.493 e. The third kappa shape index (κ3) is 3.35. The molecule has 0 saturated heterocycles. The van der Waals surface area contributed by atoms with Crippen molar-refractivity contribution in [2.75, 3.05) is 13.2 Å². The Bertz CT molecular complexity index is 632. The monoisotopic (exact) mass is 286 g/mol. The molecular weight excluding hydrogens is 264 g/mol. The lowest BCUT2D eigenvalue weighted by molar-refractivity contribution is 0.101. The van der Waals surface area contributed by atoms with Gasteiger partial charge < -0.3 is 9.47 Å². The lowest BCUT2D eigenvalue weighted by Crippen LogP contribution is -2.04. The highest BCUT2D eigenvalue weighted by atomic mass is 16.5. The second kappa shape index (κ2) is 7.11. The van der Waals surface area contributed by atoms with Gasteiger partial charge in [0.1, 0.15) is 11.5 Å². The minimum atomic E-state index is 0.00768. The van der Waals surface area contributed by atoms with E-state index in [4.69, 9.17) is 9.47 Å². The van der Waals surface area contributed by atoms with E-state index in [1.54, 1.807) is 6.92 Å². The summed E-state index contributed by atoms with van der Waals surface area (Å²) in [5.74, 6) is 1.44. The van der Waals surface area contributed by atoms with Gasteiger partial charge in [-0.3, -0.25) is 4.79 Å². The maximum absolute atomic E-state index is 11.9. The molecule has 0 aliphatic carbocycles. The molecule has 3 heteroatoms. The number of carbonyl (C=O) groups is 1. The van der Waals surface area contributed by atoms with Crippen molar-refractivity contribution in [3.63, 3.8) is 0 Å². The number of ether oxygens (including phenoxy) is 2. The van der Waals surface area contributed by atoms with Crippen LogP contribution >= 0.6 is 0 Å². The van der Waals surface area contributed by atoms with Gasteiger partial charge in [-0.15, -0.1) is 0 Å². The number of rotatable bonds is 7. The molecule has 0 N–H and O–H groups in total. The average Bonchev–Trinajstić information content (AvgIpc) is 2.49. The van der Waals surface area contributed by atoms with Crippen LogP contribution in [0.3, 0.4) is 0 Å². The third-order valence-corrected chi connectivity index (χ3v) is 3.25. The Morgan fingerprint density at radius 2 is 1.71 bits per heavy atom. The summed E-state index contributed by atoms with van der Waals surface area (Å²) >= 11 is 0. The summed E-state index contributed by atoms with van der Waals surface area (Å²) in [6.07, 6.45) is 1.83. The van der Waals surface area contributed by atoms with Crippen molar-refractivity contribution in [1.82, 2.24) is 0 Å². The first-order chi connectivity index (χ1) is 10.2. The van der Waals surface area contributed by atoms with Crippen LogP contribution in [0.4, 0.5) is 0 Å². The fourth-order valence-corrected chi connectivity index (χ4v) is 2.28. The predicted octanol–water partition coefficient (Wildman–Crippen LogP) is 4.62. The van der Waals surface area contributed by atoms with E-state index >= 15 is 0 Å². The number of benzene rings is 2. The molecule has 0 aliphatic rings. The summed E-state index contributed by atoms with van der Waals surface area (Å²) in [6, 6.07) is 9.69. The Morgan fingerprint density at radius 1 is 1.00 bits per heavy atom. The maximum atomic E-state index is 11.9. The zero-order valence-corrected chi connectivity index (χ0v) is 12.9. The van der Waals surface area contributed by atoms with E-state index in [9.17, 15) is 4.79 Å². The van der Waals surface area contributed by atoms with E-state index in [0.717, 1.165) is 29.4 Å². The summed E-state index contributed by atoms with van der Waals surface area (Å²) in [5.41, 5.74) is 0.614. The van der Waals surface area contributed by atoms with Gasteiger partial charge in [0, 0.05) is 0 Å². The van der Waals surface area contributed by atoms with Crippen molar-refractivity contribution in [1.29, 1.82) is 0 Å². The first kappa shape index (κ1) is 15.4. The van der Waals surface area contributed by atoms with Crippen molar-refractivity contribution >= 4 is 16.6 Å². The van der Waals surface area contributed by atoms with Crippen molar-refractivity contribution in [3.8, 4) is 11.5 Å². The number of hydrogen-bond donors (Lipinski definition) is 0. The number of ketones is 1. The van der Waals surface area contributed by atoms with Crippen LogP contribution in [0.2, 0.25) is 0 Å². The van der Waals surface area contributed by atoms with Crippen LogP contribution in [0.15, 0.2) is 30.3 Å².